The molecule has 66 valence electrons. The molecule has 0 amide bonds. The Morgan fingerprint density at radius 1 is 1.36 bits per heavy atom. The number of ketones is 1. The Balaban J connectivity index is 3.35. The molecule has 0 aromatic heterocycles. The molecular formula is C9H18O2. The molecule has 1 N–H and O–H groups in total. The van der Waals surface area contributed by atoms with E-state index in [2.05, 4.69) is 20.8 Å². The monoisotopic (exact) mass is 158 g/mol. The Morgan fingerprint density at radius 2 is 1.91 bits per heavy atom. The summed E-state index contributed by atoms with van der Waals surface area (Å²) in [5, 5.41) is 8.41. The normalized spacial score (nSPS) is 11.6. The SMILES string of the molecule is CC(C)(C)CCCC(=O)CO. The molecule has 0 bridgehead atoms. The molecule has 2 heteroatoms. The predicted molar refractivity (Wildman–Crippen MR) is 45.4 cm³/mol. The van der Waals surface area contributed by atoms with E-state index in [-0.39, 0.29) is 12.4 Å². The Morgan fingerprint density at radius 3 is 2.27 bits per heavy atom. The van der Waals surface area contributed by atoms with E-state index in [0.29, 0.717) is 11.8 Å². The van der Waals surface area contributed by atoms with Gasteiger partial charge in [-0.2, -0.15) is 0 Å². The molecule has 0 unspecified atom stereocenters. The van der Waals surface area contributed by atoms with Crippen molar-refractivity contribution in [2.45, 2.75) is 40.0 Å². The van der Waals surface area contributed by atoms with Gasteiger partial charge < -0.3 is 5.11 Å². The van der Waals surface area contributed by atoms with E-state index in [9.17, 15) is 4.79 Å². The van der Waals surface area contributed by atoms with Crippen LogP contribution in [0.25, 0.3) is 0 Å². The molecule has 11 heavy (non-hydrogen) atoms. The highest BCUT2D eigenvalue weighted by Crippen LogP contribution is 2.21. The van der Waals surface area contributed by atoms with Crippen LogP contribution in [0, 0.1) is 5.41 Å². The molecule has 0 saturated carbocycles. The lowest BCUT2D eigenvalue weighted by Gasteiger charge is -2.16. The first-order valence-electron chi connectivity index (χ1n) is 4.08. The van der Waals surface area contributed by atoms with Crippen molar-refractivity contribution >= 4 is 5.78 Å². The number of rotatable bonds is 4. The van der Waals surface area contributed by atoms with Crippen LogP contribution in [0.3, 0.4) is 0 Å². The smallest absolute Gasteiger partial charge is 0.158 e. The Kier molecular flexibility index (Phi) is 4.34. The third-order valence-electron chi connectivity index (χ3n) is 1.56. The minimum atomic E-state index is -0.301. The summed E-state index contributed by atoms with van der Waals surface area (Å²) in [5.74, 6) is -0.0470. The molecule has 0 aliphatic rings. The maximum Gasteiger partial charge on any atom is 0.158 e. The number of Topliss-reactive ketones (excluding diaryl/α,β-unsaturated/α-hetero) is 1. The predicted octanol–water partition coefficient (Wildman–Crippen LogP) is 1.76. The van der Waals surface area contributed by atoms with E-state index in [4.69, 9.17) is 5.11 Å². The van der Waals surface area contributed by atoms with E-state index in [1.165, 1.54) is 0 Å². The molecule has 0 fully saturated rings. The van der Waals surface area contributed by atoms with Gasteiger partial charge in [-0.05, 0) is 18.3 Å². The summed E-state index contributed by atoms with van der Waals surface area (Å²) >= 11 is 0. The number of hydrogen-bond acceptors (Lipinski definition) is 2. The molecule has 2 nitrogen and oxygen atoms in total. The van der Waals surface area contributed by atoms with Crippen LogP contribution in [0.15, 0.2) is 0 Å². The summed E-state index contributed by atoms with van der Waals surface area (Å²) < 4.78 is 0. The van der Waals surface area contributed by atoms with Crippen LogP contribution in [0.5, 0.6) is 0 Å². The van der Waals surface area contributed by atoms with Gasteiger partial charge in [0.2, 0.25) is 0 Å². The van der Waals surface area contributed by atoms with Crippen molar-refractivity contribution in [1.29, 1.82) is 0 Å². The summed E-state index contributed by atoms with van der Waals surface area (Å²) in [5.41, 5.74) is 0.301. The number of hydrogen-bond donors (Lipinski definition) is 1. The van der Waals surface area contributed by atoms with Crippen molar-refractivity contribution in [2.24, 2.45) is 5.41 Å². The van der Waals surface area contributed by atoms with Gasteiger partial charge in [0.15, 0.2) is 5.78 Å². The van der Waals surface area contributed by atoms with Crippen molar-refractivity contribution in [2.75, 3.05) is 6.61 Å². The summed E-state index contributed by atoms with van der Waals surface area (Å²) in [6.07, 6.45) is 2.45. The van der Waals surface area contributed by atoms with E-state index in [1.54, 1.807) is 0 Å². The second-order valence-electron chi connectivity index (χ2n) is 4.11. The third-order valence-corrected chi connectivity index (χ3v) is 1.56. The van der Waals surface area contributed by atoms with E-state index < -0.39 is 0 Å². The molecular weight excluding hydrogens is 140 g/mol. The molecule has 0 radical (unpaired) electrons. The highest BCUT2D eigenvalue weighted by molar-refractivity contribution is 5.79. The first-order valence-corrected chi connectivity index (χ1v) is 4.08. The topological polar surface area (TPSA) is 37.3 Å². The second-order valence-corrected chi connectivity index (χ2v) is 4.11. The fraction of sp³-hybridized carbons (Fsp3) is 0.889. The van der Waals surface area contributed by atoms with Gasteiger partial charge in [0.25, 0.3) is 0 Å². The van der Waals surface area contributed by atoms with E-state index in [0.717, 1.165) is 12.8 Å². The molecule has 0 aliphatic carbocycles. The maximum atomic E-state index is 10.6. The van der Waals surface area contributed by atoms with Crippen LogP contribution < -0.4 is 0 Å². The van der Waals surface area contributed by atoms with Gasteiger partial charge in [-0.1, -0.05) is 20.8 Å². The van der Waals surface area contributed by atoms with Crippen molar-refractivity contribution < 1.29 is 9.90 Å². The van der Waals surface area contributed by atoms with Crippen LogP contribution >= 0.6 is 0 Å². The Labute approximate surface area is 68.6 Å². The van der Waals surface area contributed by atoms with Gasteiger partial charge in [0.05, 0.1) is 0 Å². The number of carbonyl (C=O) groups is 1. The van der Waals surface area contributed by atoms with E-state index >= 15 is 0 Å². The lowest BCUT2D eigenvalue weighted by molar-refractivity contribution is -0.121. The van der Waals surface area contributed by atoms with Crippen LogP contribution in [0.2, 0.25) is 0 Å². The second kappa shape index (κ2) is 4.50. The summed E-state index contributed by atoms with van der Waals surface area (Å²) in [6, 6.07) is 0. The van der Waals surface area contributed by atoms with Gasteiger partial charge in [0, 0.05) is 6.42 Å². The average molecular weight is 158 g/mol. The minimum Gasteiger partial charge on any atom is -0.389 e. The summed E-state index contributed by atoms with van der Waals surface area (Å²) in [6.45, 7) is 6.15. The molecule has 0 aromatic rings. The molecule has 0 saturated heterocycles. The van der Waals surface area contributed by atoms with Gasteiger partial charge in [-0.15, -0.1) is 0 Å². The lowest BCUT2D eigenvalue weighted by Crippen LogP contribution is -2.08. The van der Waals surface area contributed by atoms with Crippen molar-refractivity contribution in [3.63, 3.8) is 0 Å². The molecule has 0 aromatic carbocycles. The number of aliphatic hydroxyl groups excluding tert-OH is 1. The van der Waals surface area contributed by atoms with Gasteiger partial charge >= 0.3 is 0 Å². The largest absolute Gasteiger partial charge is 0.389 e. The first kappa shape index (κ1) is 10.6. The fourth-order valence-corrected chi connectivity index (χ4v) is 0.895. The van der Waals surface area contributed by atoms with E-state index in [1.807, 2.05) is 0 Å². The molecule has 0 aliphatic heterocycles. The maximum absolute atomic E-state index is 10.6. The van der Waals surface area contributed by atoms with Crippen molar-refractivity contribution in [3.05, 3.63) is 0 Å². The van der Waals surface area contributed by atoms with Crippen molar-refractivity contribution in [3.8, 4) is 0 Å². The molecule has 0 rings (SSSR count). The molecule has 0 atom stereocenters. The first-order chi connectivity index (χ1) is 4.95. The zero-order valence-electron chi connectivity index (χ0n) is 7.68. The summed E-state index contributed by atoms with van der Waals surface area (Å²) in [7, 11) is 0. The fourth-order valence-electron chi connectivity index (χ4n) is 0.895. The quantitative estimate of drug-likeness (QED) is 0.677. The van der Waals surface area contributed by atoms with Crippen LogP contribution in [0.4, 0.5) is 0 Å². The van der Waals surface area contributed by atoms with Crippen molar-refractivity contribution in [1.82, 2.24) is 0 Å². The standard InChI is InChI=1S/C9H18O2/c1-9(2,3)6-4-5-8(11)7-10/h10H,4-7H2,1-3H3. The van der Waals surface area contributed by atoms with Crippen LogP contribution in [-0.2, 0) is 4.79 Å². The third kappa shape index (κ3) is 7.53. The molecule has 0 heterocycles. The Bertz CT molecular complexity index is 122. The highest BCUT2D eigenvalue weighted by atomic mass is 16.3. The molecule has 0 spiro atoms. The zero-order valence-corrected chi connectivity index (χ0v) is 7.68. The lowest BCUT2D eigenvalue weighted by atomic mass is 9.89. The van der Waals surface area contributed by atoms with Gasteiger partial charge in [-0.3, -0.25) is 4.79 Å². The number of carbonyl (C=O) groups excluding carboxylic acids is 1. The van der Waals surface area contributed by atoms with Crippen LogP contribution in [-0.4, -0.2) is 17.5 Å². The van der Waals surface area contributed by atoms with Gasteiger partial charge in [0.1, 0.15) is 6.61 Å². The van der Waals surface area contributed by atoms with Gasteiger partial charge in [-0.25, -0.2) is 0 Å². The Hall–Kier alpha value is -0.370. The summed E-state index contributed by atoms with van der Waals surface area (Å²) in [4.78, 5) is 10.6. The highest BCUT2D eigenvalue weighted by Gasteiger charge is 2.10. The minimum absolute atomic E-state index is 0.0470. The number of aliphatic hydroxyl groups is 1. The van der Waals surface area contributed by atoms with Crippen LogP contribution in [0.1, 0.15) is 40.0 Å². The zero-order chi connectivity index (χ0) is 8.91. The average Bonchev–Trinajstić information content (AvgIpc) is 1.85.